The van der Waals surface area contributed by atoms with Crippen molar-refractivity contribution in [3.8, 4) is 0 Å². The van der Waals surface area contributed by atoms with E-state index in [2.05, 4.69) is 0 Å². The second kappa shape index (κ2) is 6.78. The van der Waals surface area contributed by atoms with E-state index in [4.69, 9.17) is 13.2 Å². The van der Waals surface area contributed by atoms with Crippen LogP contribution >= 0.6 is 7.60 Å². The molecule has 6 nitrogen and oxygen atoms in total. The lowest BCUT2D eigenvalue weighted by Crippen LogP contribution is -2.50. The zero-order valence-electron chi connectivity index (χ0n) is 12.2. The van der Waals surface area contributed by atoms with Gasteiger partial charge in [-0.3, -0.25) is 8.75 Å². The molecule has 19 heavy (non-hydrogen) atoms. The lowest BCUT2D eigenvalue weighted by molar-refractivity contribution is 0.0540. The molecule has 0 bridgehead atoms. The van der Waals surface area contributed by atoms with Crippen molar-refractivity contribution in [1.29, 1.82) is 0 Å². The minimum atomic E-state index is -3.43. The number of nitrogens with zero attached hydrogens (tertiary/aromatic N) is 1. The highest BCUT2D eigenvalue weighted by molar-refractivity contribution is 7.78. The third-order valence-corrected chi connectivity index (χ3v) is 6.82. The summed E-state index contributed by atoms with van der Waals surface area (Å²) >= 11 is -1.61. The van der Waals surface area contributed by atoms with Gasteiger partial charge in [-0.2, -0.15) is 0 Å². The Hall–Kier alpha value is 0.220. The maximum absolute atomic E-state index is 12.8. The van der Waals surface area contributed by atoms with Gasteiger partial charge in [0.15, 0.2) is 5.85 Å². The molecule has 1 fully saturated rings. The van der Waals surface area contributed by atoms with Crippen molar-refractivity contribution < 1.29 is 22.0 Å². The molecule has 1 aliphatic rings. The van der Waals surface area contributed by atoms with E-state index in [0.29, 0.717) is 13.1 Å². The number of hydrogen-bond acceptors (Lipinski definition) is 5. The van der Waals surface area contributed by atoms with Crippen LogP contribution < -0.4 is 0 Å². The van der Waals surface area contributed by atoms with Crippen LogP contribution in [0.3, 0.4) is 0 Å². The smallest absolute Gasteiger partial charge is 0.307 e. The fourth-order valence-electron chi connectivity index (χ4n) is 2.08. The molecule has 1 saturated heterocycles. The van der Waals surface area contributed by atoms with Crippen molar-refractivity contribution >= 4 is 18.9 Å². The molecular weight excluding hydrogens is 289 g/mol. The quantitative estimate of drug-likeness (QED) is 0.705. The van der Waals surface area contributed by atoms with Crippen LogP contribution in [0.2, 0.25) is 0 Å². The summed E-state index contributed by atoms with van der Waals surface area (Å²) in [6, 6.07) is 0. The minimum Gasteiger partial charge on any atom is -0.307 e. The van der Waals surface area contributed by atoms with E-state index < -0.39 is 30.1 Å². The largest absolute Gasteiger partial charge is 0.361 e. The van der Waals surface area contributed by atoms with Gasteiger partial charge in [-0.15, -0.1) is 0 Å². The molecular formula is C11H24NO5PS. The van der Waals surface area contributed by atoms with E-state index in [1.807, 2.05) is 20.8 Å². The predicted octanol–water partition coefficient (Wildman–Crippen LogP) is 2.54. The van der Waals surface area contributed by atoms with Crippen molar-refractivity contribution in [2.24, 2.45) is 5.41 Å². The average Bonchev–Trinajstić information content (AvgIpc) is 2.32. The van der Waals surface area contributed by atoms with Crippen molar-refractivity contribution in [1.82, 2.24) is 4.31 Å². The van der Waals surface area contributed by atoms with Gasteiger partial charge < -0.3 is 9.05 Å². The SMILES string of the molecule is CCOP(=O)(OCC)C1OS(=O)N(CC)CC1(C)C. The Morgan fingerprint density at radius 1 is 1.32 bits per heavy atom. The van der Waals surface area contributed by atoms with Gasteiger partial charge in [-0.25, -0.2) is 8.51 Å². The predicted molar refractivity (Wildman–Crippen MR) is 74.9 cm³/mol. The van der Waals surface area contributed by atoms with Gasteiger partial charge in [-0.1, -0.05) is 20.8 Å². The van der Waals surface area contributed by atoms with Gasteiger partial charge >= 0.3 is 7.60 Å². The van der Waals surface area contributed by atoms with Crippen LogP contribution in [-0.4, -0.2) is 40.7 Å². The second-order valence-corrected chi connectivity index (χ2v) is 8.19. The molecule has 1 aliphatic heterocycles. The average molecular weight is 313 g/mol. The third kappa shape index (κ3) is 3.86. The highest BCUT2D eigenvalue weighted by Crippen LogP contribution is 2.60. The van der Waals surface area contributed by atoms with Crippen molar-refractivity contribution in [3.63, 3.8) is 0 Å². The Morgan fingerprint density at radius 2 is 1.84 bits per heavy atom. The fraction of sp³-hybridized carbons (Fsp3) is 1.00. The summed E-state index contributed by atoms with van der Waals surface area (Å²) in [6.45, 7) is 10.9. The number of rotatable bonds is 6. The van der Waals surface area contributed by atoms with Crippen LogP contribution in [0.5, 0.6) is 0 Å². The Labute approximate surface area is 118 Å². The van der Waals surface area contributed by atoms with Crippen molar-refractivity contribution in [2.75, 3.05) is 26.3 Å². The van der Waals surface area contributed by atoms with Crippen molar-refractivity contribution in [3.05, 3.63) is 0 Å². The lowest BCUT2D eigenvalue weighted by atomic mass is 9.94. The monoisotopic (exact) mass is 313 g/mol. The van der Waals surface area contributed by atoms with Gasteiger partial charge in [0.25, 0.3) is 0 Å². The number of hydrogen-bond donors (Lipinski definition) is 0. The molecule has 0 spiro atoms. The van der Waals surface area contributed by atoms with Crippen molar-refractivity contribution in [2.45, 2.75) is 40.5 Å². The molecule has 0 amide bonds. The maximum atomic E-state index is 12.8. The van der Waals surface area contributed by atoms with Gasteiger partial charge in [0, 0.05) is 18.5 Å². The lowest BCUT2D eigenvalue weighted by Gasteiger charge is -2.43. The highest BCUT2D eigenvalue weighted by Gasteiger charge is 2.52. The topological polar surface area (TPSA) is 65.1 Å². The minimum absolute atomic E-state index is 0.261. The van der Waals surface area contributed by atoms with Crippen LogP contribution in [-0.2, 0) is 29.1 Å². The van der Waals surface area contributed by atoms with Crippen LogP contribution in [0.25, 0.3) is 0 Å². The Balaban J connectivity index is 3.02. The van der Waals surface area contributed by atoms with E-state index in [1.165, 1.54) is 0 Å². The first-order valence-electron chi connectivity index (χ1n) is 6.53. The first kappa shape index (κ1) is 17.3. The van der Waals surface area contributed by atoms with Crippen LogP contribution in [0, 0.1) is 5.41 Å². The van der Waals surface area contributed by atoms with Gasteiger partial charge in [-0.05, 0) is 13.8 Å². The Morgan fingerprint density at radius 3 is 2.26 bits per heavy atom. The highest BCUT2D eigenvalue weighted by atomic mass is 32.2. The summed E-state index contributed by atoms with van der Waals surface area (Å²) in [5.74, 6) is -0.816. The summed E-state index contributed by atoms with van der Waals surface area (Å²) in [5.41, 5.74) is -0.468. The second-order valence-electron chi connectivity index (χ2n) is 4.99. The zero-order valence-corrected chi connectivity index (χ0v) is 14.0. The van der Waals surface area contributed by atoms with E-state index in [9.17, 15) is 8.77 Å². The van der Waals surface area contributed by atoms with Gasteiger partial charge in [0.1, 0.15) is 0 Å². The van der Waals surface area contributed by atoms with E-state index in [0.717, 1.165) is 0 Å². The Kier molecular flexibility index (Phi) is 6.17. The molecule has 0 aromatic rings. The normalized spacial score (nSPS) is 28.5. The molecule has 2 atom stereocenters. The molecule has 2 unspecified atom stereocenters. The molecule has 0 N–H and O–H groups in total. The molecule has 0 saturated carbocycles. The molecule has 1 heterocycles. The van der Waals surface area contributed by atoms with Crippen LogP contribution in [0.15, 0.2) is 0 Å². The summed E-state index contributed by atoms with van der Waals surface area (Å²) in [5, 5.41) is 0. The Bertz CT molecular complexity index is 366. The molecule has 0 aromatic heterocycles. The van der Waals surface area contributed by atoms with Gasteiger partial charge in [0.05, 0.1) is 13.2 Å². The first-order valence-corrected chi connectivity index (χ1v) is 9.17. The zero-order chi connectivity index (χ0) is 14.7. The molecule has 0 aromatic carbocycles. The summed E-state index contributed by atoms with van der Waals surface area (Å²) in [6.07, 6.45) is 0. The maximum Gasteiger partial charge on any atom is 0.361 e. The molecule has 0 aliphatic carbocycles. The molecule has 8 heteroatoms. The standard InChI is InChI=1S/C11H24NO5PS/c1-6-12-9-11(4,5)10(17-19(12)14)18(13,15-7-2)16-8-3/h10H,6-9H2,1-5H3. The van der Waals surface area contributed by atoms with E-state index >= 15 is 0 Å². The van der Waals surface area contributed by atoms with E-state index in [-0.39, 0.29) is 13.2 Å². The summed E-state index contributed by atoms with van der Waals surface area (Å²) in [7, 11) is -3.43. The summed E-state index contributed by atoms with van der Waals surface area (Å²) in [4.78, 5) is 0. The van der Waals surface area contributed by atoms with Crippen LogP contribution in [0.4, 0.5) is 0 Å². The summed E-state index contributed by atoms with van der Waals surface area (Å²) < 4.78 is 42.6. The van der Waals surface area contributed by atoms with Gasteiger partial charge in [0.2, 0.25) is 11.3 Å². The molecule has 114 valence electrons. The fourth-order valence-corrected chi connectivity index (χ4v) is 5.92. The van der Waals surface area contributed by atoms with Crippen LogP contribution in [0.1, 0.15) is 34.6 Å². The third-order valence-electron chi connectivity index (χ3n) is 2.89. The first-order chi connectivity index (χ1) is 8.80. The molecule has 1 rings (SSSR count). The molecule has 0 radical (unpaired) electrons. The van der Waals surface area contributed by atoms with E-state index in [1.54, 1.807) is 18.2 Å².